The second-order valence-electron chi connectivity index (χ2n) is 19.8. The van der Waals surface area contributed by atoms with Crippen molar-refractivity contribution in [3.8, 4) is 0 Å². The van der Waals surface area contributed by atoms with Crippen molar-refractivity contribution in [2.24, 2.45) is 5.73 Å². The van der Waals surface area contributed by atoms with E-state index in [-0.39, 0.29) is 24.7 Å². The predicted molar refractivity (Wildman–Crippen MR) is 275 cm³/mol. The van der Waals surface area contributed by atoms with Gasteiger partial charge in [0, 0.05) is 39.0 Å². The number of nitrogens with zero attached hydrogens (tertiary/aromatic N) is 3. The molecule has 0 fully saturated rings. The van der Waals surface area contributed by atoms with Crippen molar-refractivity contribution < 1.29 is 9.59 Å². The SMILES string of the molecule is CCCCCCCCCCCCN(CCCCCCCCCCCC)CCN(CCN(CCCCCCCCCCCC)CCCCCCCCCCCC)C(=O)CCC(N)=O. The second-order valence-corrected chi connectivity index (χ2v) is 19.8. The van der Waals surface area contributed by atoms with E-state index in [0.717, 1.165) is 52.4 Å². The lowest BCUT2D eigenvalue weighted by molar-refractivity contribution is -0.133. The monoisotopic (exact) mass is 875 g/mol. The number of carbonyl (C=O) groups excluding carboxylic acids is 2. The molecule has 6 nitrogen and oxygen atoms in total. The third-order valence-electron chi connectivity index (χ3n) is 13.6. The molecule has 0 atom stereocenters. The molecule has 0 spiro atoms. The lowest BCUT2D eigenvalue weighted by atomic mass is 10.1. The zero-order valence-electron chi connectivity index (χ0n) is 43.1. The van der Waals surface area contributed by atoms with Crippen molar-refractivity contribution in [1.29, 1.82) is 0 Å². The zero-order valence-corrected chi connectivity index (χ0v) is 43.1. The summed E-state index contributed by atoms with van der Waals surface area (Å²) in [5, 5.41) is 0. The molecule has 0 aliphatic rings. The van der Waals surface area contributed by atoms with Gasteiger partial charge in [0.1, 0.15) is 0 Å². The van der Waals surface area contributed by atoms with Gasteiger partial charge in [-0.15, -0.1) is 0 Å². The summed E-state index contributed by atoms with van der Waals surface area (Å²) in [6, 6.07) is 0. The highest BCUT2D eigenvalue weighted by Crippen LogP contribution is 2.16. The number of amides is 2. The van der Waals surface area contributed by atoms with Gasteiger partial charge in [-0.25, -0.2) is 0 Å². The fourth-order valence-electron chi connectivity index (χ4n) is 9.24. The molecule has 0 unspecified atom stereocenters. The number of unbranched alkanes of at least 4 members (excludes halogenated alkanes) is 36. The van der Waals surface area contributed by atoms with Gasteiger partial charge < -0.3 is 20.4 Å². The first-order chi connectivity index (χ1) is 30.5. The van der Waals surface area contributed by atoms with E-state index >= 15 is 0 Å². The lowest BCUT2D eigenvalue weighted by Gasteiger charge is -2.31. The van der Waals surface area contributed by atoms with Crippen LogP contribution in [0.15, 0.2) is 0 Å². The predicted octanol–water partition coefficient (Wildman–Crippen LogP) is 16.4. The fraction of sp³-hybridized carbons (Fsp3) is 0.964. The maximum atomic E-state index is 13.7. The summed E-state index contributed by atoms with van der Waals surface area (Å²) in [6.07, 6.45) is 54.9. The van der Waals surface area contributed by atoms with Gasteiger partial charge in [0.15, 0.2) is 0 Å². The van der Waals surface area contributed by atoms with E-state index < -0.39 is 0 Å². The molecule has 0 rings (SSSR count). The van der Waals surface area contributed by atoms with E-state index in [1.165, 1.54) is 257 Å². The smallest absolute Gasteiger partial charge is 0.223 e. The Kier molecular flexibility index (Phi) is 49.9. The highest BCUT2D eigenvalue weighted by molar-refractivity contribution is 5.82. The number of carbonyl (C=O) groups is 2. The summed E-state index contributed by atoms with van der Waals surface area (Å²) in [6.45, 7) is 17.2. The van der Waals surface area contributed by atoms with Crippen LogP contribution >= 0.6 is 0 Å². The maximum absolute atomic E-state index is 13.7. The van der Waals surface area contributed by atoms with Gasteiger partial charge in [-0.05, 0) is 51.9 Å². The number of rotatable bonds is 53. The molecule has 2 amide bonds. The first-order valence-electron chi connectivity index (χ1n) is 28.5. The summed E-state index contributed by atoms with van der Waals surface area (Å²) in [5.41, 5.74) is 5.56. The van der Waals surface area contributed by atoms with E-state index in [1.807, 2.05) is 0 Å². The topological polar surface area (TPSA) is 69.9 Å². The molecule has 0 aromatic heterocycles. The van der Waals surface area contributed by atoms with Crippen LogP contribution in [0.25, 0.3) is 0 Å². The molecule has 0 radical (unpaired) electrons. The summed E-state index contributed by atoms with van der Waals surface area (Å²) >= 11 is 0. The largest absolute Gasteiger partial charge is 0.370 e. The molecule has 0 saturated heterocycles. The molecule has 0 aliphatic carbocycles. The third kappa shape index (κ3) is 45.4. The molecule has 370 valence electrons. The molecule has 0 bridgehead atoms. The van der Waals surface area contributed by atoms with Crippen molar-refractivity contribution in [1.82, 2.24) is 14.7 Å². The van der Waals surface area contributed by atoms with Crippen LogP contribution in [0.3, 0.4) is 0 Å². The van der Waals surface area contributed by atoms with Crippen LogP contribution < -0.4 is 5.73 Å². The molecule has 0 heterocycles. The molecule has 0 aliphatic heterocycles. The van der Waals surface area contributed by atoms with Crippen LogP contribution in [0.5, 0.6) is 0 Å². The third-order valence-corrected chi connectivity index (χ3v) is 13.6. The number of primary amides is 1. The first kappa shape index (κ1) is 60.9. The Morgan fingerprint density at radius 1 is 0.274 bits per heavy atom. The lowest BCUT2D eigenvalue weighted by Crippen LogP contribution is -2.43. The van der Waals surface area contributed by atoms with Crippen LogP contribution in [0.2, 0.25) is 0 Å². The minimum Gasteiger partial charge on any atom is -0.370 e. The fourth-order valence-corrected chi connectivity index (χ4v) is 9.24. The molecule has 0 aromatic carbocycles. The van der Waals surface area contributed by atoms with Crippen molar-refractivity contribution in [2.75, 3.05) is 52.4 Å². The maximum Gasteiger partial charge on any atom is 0.223 e. The number of hydrogen-bond acceptors (Lipinski definition) is 4. The minimum absolute atomic E-state index is 0.111. The van der Waals surface area contributed by atoms with Gasteiger partial charge in [0.2, 0.25) is 11.8 Å². The van der Waals surface area contributed by atoms with Crippen molar-refractivity contribution >= 4 is 11.8 Å². The summed E-state index contributed by atoms with van der Waals surface area (Å²) in [7, 11) is 0. The van der Waals surface area contributed by atoms with Gasteiger partial charge in [0.25, 0.3) is 0 Å². The van der Waals surface area contributed by atoms with Crippen molar-refractivity contribution in [2.45, 2.75) is 297 Å². The molecule has 62 heavy (non-hydrogen) atoms. The standard InChI is InChI=1S/C56H114N4O2/c1-5-9-13-17-21-25-29-33-37-41-47-58(48-42-38-34-30-26-22-18-14-10-6-2)51-53-60(56(62)46-45-55(57)61)54-52-59(49-43-39-35-31-27-23-19-15-11-7-3)50-44-40-36-32-28-24-20-16-12-8-4/h5-54H2,1-4H3,(H2,57,61). The van der Waals surface area contributed by atoms with Gasteiger partial charge in [-0.3, -0.25) is 9.59 Å². The molecular formula is C56H114N4O2. The van der Waals surface area contributed by atoms with E-state index in [4.69, 9.17) is 5.73 Å². The Labute approximate surface area is 390 Å². The van der Waals surface area contributed by atoms with Crippen LogP contribution in [0.4, 0.5) is 0 Å². The minimum atomic E-state index is -0.370. The molecular weight excluding hydrogens is 761 g/mol. The second kappa shape index (κ2) is 50.9. The Morgan fingerprint density at radius 2 is 0.484 bits per heavy atom. The Morgan fingerprint density at radius 3 is 0.694 bits per heavy atom. The Hall–Kier alpha value is -1.14. The Bertz CT molecular complexity index is 795. The highest BCUT2D eigenvalue weighted by atomic mass is 16.2. The summed E-state index contributed by atoms with van der Waals surface area (Å²) in [5.74, 6) is -0.259. The van der Waals surface area contributed by atoms with Gasteiger partial charge in [0.05, 0.1) is 0 Å². The van der Waals surface area contributed by atoms with Crippen molar-refractivity contribution in [3.63, 3.8) is 0 Å². The van der Waals surface area contributed by atoms with E-state index in [2.05, 4.69) is 42.4 Å². The summed E-state index contributed by atoms with van der Waals surface area (Å²) < 4.78 is 0. The van der Waals surface area contributed by atoms with Gasteiger partial charge in [-0.1, -0.05) is 259 Å². The number of hydrogen-bond donors (Lipinski definition) is 1. The van der Waals surface area contributed by atoms with Crippen molar-refractivity contribution in [3.05, 3.63) is 0 Å². The van der Waals surface area contributed by atoms with Crippen LogP contribution in [0.1, 0.15) is 297 Å². The summed E-state index contributed by atoms with van der Waals surface area (Å²) in [4.78, 5) is 33.0. The van der Waals surface area contributed by atoms with E-state index in [0.29, 0.717) is 0 Å². The normalized spacial score (nSPS) is 11.7. The molecule has 2 N–H and O–H groups in total. The van der Waals surface area contributed by atoms with E-state index in [9.17, 15) is 9.59 Å². The van der Waals surface area contributed by atoms with Crippen LogP contribution in [-0.4, -0.2) is 78.9 Å². The molecule has 0 saturated carbocycles. The molecule has 6 heteroatoms. The average Bonchev–Trinajstić information content (AvgIpc) is 3.27. The first-order valence-corrected chi connectivity index (χ1v) is 28.5. The van der Waals surface area contributed by atoms with Crippen LogP contribution in [0, 0.1) is 0 Å². The molecule has 0 aromatic rings. The Balaban J connectivity index is 5.32. The highest BCUT2D eigenvalue weighted by Gasteiger charge is 2.18. The average molecular weight is 876 g/mol. The van der Waals surface area contributed by atoms with Crippen LogP contribution in [-0.2, 0) is 9.59 Å². The quantitative estimate of drug-likeness (QED) is 0.0618. The number of nitrogens with two attached hydrogens (primary N) is 1. The van der Waals surface area contributed by atoms with Gasteiger partial charge in [-0.2, -0.15) is 0 Å². The van der Waals surface area contributed by atoms with Gasteiger partial charge >= 0.3 is 0 Å². The zero-order chi connectivity index (χ0) is 45.2. The van der Waals surface area contributed by atoms with E-state index in [1.54, 1.807) is 0 Å².